The van der Waals surface area contributed by atoms with E-state index < -0.39 is 0 Å². The third-order valence-electron chi connectivity index (χ3n) is 0.992. The highest BCUT2D eigenvalue weighted by Gasteiger charge is 1.94. The van der Waals surface area contributed by atoms with Gasteiger partial charge in [0.15, 0.2) is 0 Å². The summed E-state index contributed by atoms with van der Waals surface area (Å²) in [6.07, 6.45) is 3.89. The van der Waals surface area contributed by atoms with E-state index in [2.05, 4.69) is 6.58 Å². The average Bonchev–Trinajstić information content (AvgIpc) is 1.87. The molecule has 0 unspecified atom stereocenters. The smallest absolute Gasteiger partial charge is 0.309 e. The molecule has 62 valence electrons. The van der Waals surface area contributed by atoms with Gasteiger partial charge in [-0.15, -0.1) is 0 Å². The lowest BCUT2D eigenvalue weighted by Gasteiger charge is -1.95. The van der Waals surface area contributed by atoms with E-state index in [4.69, 9.17) is 4.74 Å². The second-order valence-electron chi connectivity index (χ2n) is 2.26. The van der Waals surface area contributed by atoms with Crippen LogP contribution in [0.15, 0.2) is 24.3 Å². The molecule has 0 aliphatic rings. The van der Waals surface area contributed by atoms with Crippen LogP contribution in [0, 0.1) is 0 Å². The van der Waals surface area contributed by atoms with Gasteiger partial charge in [-0.1, -0.05) is 24.3 Å². The molecule has 0 radical (unpaired) electrons. The molecule has 0 rings (SSSR count). The van der Waals surface area contributed by atoms with Gasteiger partial charge < -0.3 is 4.74 Å². The minimum atomic E-state index is -0.190. The van der Waals surface area contributed by atoms with Crippen LogP contribution >= 0.6 is 0 Å². The molecule has 0 aromatic carbocycles. The zero-order valence-corrected chi connectivity index (χ0v) is 7.09. The first-order chi connectivity index (χ1) is 5.16. The van der Waals surface area contributed by atoms with Crippen LogP contribution in [-0.2, 0) is 9.53 Å². The largest absolute Gasteiger partial charge is 0.466 e. The van der Waals surface area contributed by atoms with Crippen LogP contribution in [0.4, 0.5) is 0 Å². The Morgan fingerprint density at radius 2 is 2.27 bits per heavy atom. The van der Waals surface area contributed by atoms with Crippen molar-refractivity contribution >= 4 is 5.97 Å². The average molecular weight is 154 g/mol. The molecule has 0 saturated carbocycles. The maximum absolute atomic E-state index is 10.7. The Hall–Kier alpha value is -1.05. The van der Waals surface area contributed by atoms with Gasteiger partial charge in [0.25, 0.3) is 0 Å². The summed E-state index contributed by atoms with van der Waals surface area (Å²) in [7, 11) is 0. The maximum Gasteiger partial charge on any atom is 0.309 e. The van der Waals surface area contributed by atoms with Crippen LogP contribution in [0.5, 0.6) is 0 Å². The Bertz CT molecular complexity index is 168. The summed E-state index contributed by atoms with van der Waals surface area (Å²) in [6, 6.07) is 0. The van der Waals surface area contributed by atoms with Crippen molar-refractivity contribution in [3.8, 4) is 0 Å². The molecule has 0 aliphatic heterocycles. The molecule has 2 heteroatoms. The van der Waals surface area contributed by atoms with Crippen molar-refractivity contribution in [1.82, 2.24) is 0 Å². The Labute approximate surface area is 67.6 Å². The Morgan fingerprint density at radius 3 is 2.73 bits per heavy atom. The number of carbonyl (C=O) groups is 1. The molecule has 0 amide bonds. The molecule has 0 aliphatic carbocycles. The summed E-state index contributed by atoms with van der Waals surface area (Å²) in [6.45, 7) is 7.77. The third-order valence-corrected chi connectivity index (χ3v) is 0.992. The molecule has 0 fully saturated rings. The van der Waals surface area contributed by atoms with Gasteiger partial charge in [0.2, 0.25) is 0 Å². The predicted molar refractivity (Wildman–Crippen MR) is 45.2 cm³/mol. The molecule has 2 nitrogen and oxygen atoms in total. The van der Waals surface area contributed by atoms with Gasteiger partial charge >= 0.3 is 5.97 Å². The lowest BCUT2D eigenvalue weighted by Crippen LogP contribution is -2.01. The molecule has 0 atom stereocenters. The lowest BCUT2D eigenvalue weighted by molar-refractivity contribution is -0.142. The zero-order chi connectivity index (χ0) is 8.69. The Balaban J connectivity index is 3.53. The fourth-order valence-electron chi connectivity index (χ4n) is 0.576. The standard InChI is InChI=1S/C9H14O2/c1-4-11-9(10)7-5-6-8(2)3/h5-6H,2,4,7H2,1,3H3. The van der Waals surface area contributed by atoms with Gasteiger partial charge in [-0.25, -0.2) is 0 Å². The van der Waals surface area contributed by atoms with Crippen LogP contribution < -0.4 is 0 Å². The topological polar surface area (TPSA) is 26.3 Å². The van der Waals surface area contributed by atoms with E-state index in [1.54, 1.807) is 19.1 Å². The second-order valence-corrected chi connectivity index (χ2v) is 2.26. The minimum Gasteiger partial charge on any atom is -0.466 e. The van der Waals surface area contributed by atoms with Crippen LogP contribution in [0.1, 0.15) is 20.3 Å². The SMILES string of the molecule is C=C(C)C=CCC(=O)OCC. The number of hydrogen-bond acceptors (Lipinski definition) is 2. The van der Waals surface area contributed by atoms with Crippen LogP contribution in [0.3, 0.4) is 0 Å². The number of esters is 1. The summed E-state index contributed by atoms with van der Waals surface area (Å²) in [5, 5.41) is 0. The first-order valence-corrected chi connectivity index (χ1v) is 3.64. The van der Waals surface area contributed by atoms with E-state index in [1.165, 1.54) is 0 Å². The molecular weight excluding hydrogens is 140 g/mol. The monoisotopic (exact) mass is 154 g/mol. The lowest BCUT2D eigenvalue weighted by atomic mass is 10.3. The first kappa shape index (κ1) is 9.95. The van der Waals surface area contributed by atoms with E-state index in [1.807, 2.05) is 6.92 Å². The van der Waals surface area contributed by atoms with Crippen LogP contribution in [0.2, 0.25) is 0 Å². The number of hydrogen-bond donors (Lipinski definition) is 0. The summed E-state index contributed by atoms with van der Waals surface area (Å²) < 4.78 is 4.70. The summed E-state index contributed by atoms with van der Waals surface area (Å²) >= 11 is 0. The fourth-order valence-corrected chi connectivity index (χ4v) is 0.576. The fraction of sp³-hybridized carbons (Fsp3) is 0.444. The van der Waals surface area contributed by atoms with Gasteiger partial charge in [0.05, 0.1) is 13.0 Å². The molecule has 0 heterocycles. The molecule has 0 aromatic heterocycles. The maximum atomic E-state index is 10.7. The van der Waals surface area contributed by atoms with Gasteiger partial charge in [0, 0.05) is 0 Å². The molecule has 0 aromatic rings. The van der Waals surface area contributed by atoms with Crippen molar-refractivity contribution in [3.63, 3.8) is 0 Å². The number of rotatable bonds is 4. The summed E-state index contributed by atoms with van der Waals surface area (Å²) in [4.78, 5) is 10.7. The van der Waals surface area contributed by atoms with E-state index in [0.717, 1.165) is 5.57 Å². The Kier molecular flexibility index (Phi) is 5.17. The van der Waals surface area contributed by atoms with Crippen molar-refractivity contribution in [3.05, 3.63) is 24.3 Å². The van der Waals surface area contributed by atoms with Crippen LogP contribution in [0.25, 0.3) is 0 Å². The van der Waals surface area contributed by atoms with Gasteiger partial charge in [0.1, 0.15) is 0 Å². The van der Waals surface area contributed by atoms with E-state index in [9.17, 15) is 4.79 Å². The van der Waals surface area contributed by atoms with E-state index >= 15 is 0 Å². The van der Waals surface area contributed by atoms with E-state index in [-0.39, 0.29) is 5.97 Å². The van der Waals surface area contributed by atoms with Crippen molar-refractivity contribution in [2.24, 2.45) is 0 Å². The highest BCUT2D eigenvalue weighted by molar-refractivity contribution is 5.71. The third kappa shape index (κ3) is 6.84. The van der Waals surface area contributed by atoms with Crippen LogP contribution in [-0.4, -0.2) is 12.6 Å². The van der Waals surface area contributed by atoms with Gasteiger partial charge in [-0.05, 0) is 13.8 Å². The summed E-state index contributed by atoms with van der Waals surface area (Å²) in [5.41, 5.74) is 0.939. The van der Waals surface area contributed by atoms with Crippen molar-refractivity contribution < 1.29 is 9.53 Å². The quantitative estimate of drug-likeness (QED) is 0.457. The highest BCUT2D eigenvalue weighted by atomic mass is 16.5. The summed E-state index contributed by atoms with van der Waals surface area (Å²) in [5.74, 6) is -0.190. The van der Waals surface area contributed by atoms with E-state index in [0.29, 0.717) is 13.0 Å². The van der Waals surface area contributed by atoms with Crippen molar-refractivity contribution in [2.45, 2.75) is 20.3 Å². The van der Waals surface area contributed by atoms with Gasteiger partial charge in [-0.2, -0.15) is 0 Å². The molecule has 0 bridgehead atoms. The normalized spacial score (nSPS) is 10.0. The first-order valence-electron chi connectivity index (χ1n) is 3.64. The zero-order valence-electron chi connectivity index (χ0n) is 7.09. The Morgan fingerprint density at radius 1 is 1.64 bits per heavy atom. The predicted octanol–water partition coefficient (Wildman–Crippen LogP) is 2.07. The number of allylic oxidation sites excluding steroid dienone is 2. The highest BCUT2D eigenvalue weighted by Crippen LogP contribution is 1.93. The minimum absolute atomic E-state index is 0.190. The molecular formula is C9H14O2. The van der Waals surface area contributed by atoms with Gasteiger partial charge in [-0.3, -0.25) is 4.79 Å². The molecule has 11 heavy (non-hydrogen) atoms. The van der Waals surface area contributed by atoms with Crippen molar-refractivity contribution in [2.75, 3.05) is 6.61 Å². The molecule has 0 saturated heterocycles. The number of carbonyl (C=O) groups excluding carboxylic acids is 1. The second kappa shape index (κ2) is 5.71. The van der Waals surface area contributed by atoms with Crippen molar-refractivity contribution in [1.29, 1.82) is 0 Å². The molecule has 0 spiro atoms. The molecule has 0 N–H and O–H groups in total. The number of ether oxygens (including phenoxy) is 1.